The Morgan fingerprint density at radius 3 is 2.33 bits per heavy atom. The van der Waals surface area contributed by atoms with Crippen molar-refractivity contribution < 1.29 is 0 Å². The van der Waals surface area contributed by atoms with Crippen molar-refractivity contribution in [3.8, 4) is 0 Å². The minimum absolute atomic E-state index is 0.446. The Labute approximate surface area is 71.5 Å². The van der Waals surface area contributed by atoms with Gasteiger partial charge in [-0.2, -0.15) is 0 Å². The molecule has 0 spiro atoms. The third kappa shape index (κ3) is 5.15. The van der Waals surface area contributed by atoms with Crippen LogP contribution in [-0.4, -0.2) is 9.97 Å². The Morgan fingerprint density at radius 1 is 1.44 bits per heavy atom. The van der Waals surface area contributed by atoms with Gasteiger partial charge in [-0.15, -0.1) is 0 Å². The van der Waals surface area contributed by atoms with Crippen molar-refractivity contribution in [3.63, 3.8) is 0 Å². The standard InChI is InChI=1S/C7H16IN/c1-3-4-7(2,8)5-6-9/h3-6,9H2,1-2H3. The maximum absolute atomic E-state index is 5.44. The molecule has 0 saturated heterocycles. The molecule has 56 valence electrons. The highest BCUT2D eigenvalue weighted by atomic mass is 127. The second-order valence-electron chi connectivity index (χ2n) is 2.70. The molecule has 0 fully saturated rings. The van der Waals surface area contributed by atoms with Crippen molar-refractivity contribution in [2.45, 2.75) is 36.5 Å². The summed E-state index contributed by atoms with van der Waals surface area (Å²) in [5.41, 5.74) is 5.44. The monoisotopic (exact) mass is 241 g/mol. The molecule has 0 aromatic rings. The summed E-state index contributed by atoms with van der Waals surface area (Å²) in [6.07, 6.45) is 3.69. The first kappa shape index (κ1) is 9.69. The van der Waals surface area contributed by atoms with Gasteiger partial charge in [0.2, 0.25) is 0 Å². The summed E-state index contributed by atoms with van der Waals surface area (Å²) in [6.45, 7) is 5.30. The minimum atomic E-state index is 0.446. The van der Waals surface area contributed by atoms with Crippen molar-refractivity contribution in [2.24, 2.45) is 5.73 Å². The van der Waals surface area contributed by atoms with Crippen LogP contribution in [0.25, 0.3) is 0 Å². The predicted molar refractivity (Wildman–Crippen MR) is 51.0 cm³/mol. The van der Waals surface area contributed by atoms with E-state index in [1.54, 1.807) is 0 Å². The SMILES string of the molecule is CCCC(C)(I)CCN. The second kappa shape index (κ2) is 4.50. The maximum Gasteiger partial charge on any atom is 0.0206 e. The summed E-state index contributed by atoms with van der Waals surface area (Å²) in [5.74, 6) is 0. The minimum Gasteiger partial charge on any atom is -0.330 e. The Morgan fingerprint density at radius 2 is 2.00 bits per heavy atom. The number of halogens is 1. The first-order chi connectivity index (χ1) is 4.12. The Balaban J connectivity index is 3.43. The van der Waals surface area contributed by atoms with E-state index in [-0.39, 0.29) is 0 Å². The van der Waals surface area contributed by atoms with E-state index in [1.807, 2.05) is 0 Å². The summed E-state index contributed by atoms with van der Waals surface area (Å²) in [7, 11) is 0. The summed E-state index contributed by atoms with van der Waals surface area (Å²) in [6, 6.07) is 0. The molecule has 1 atom stereocenters. The number of hydrogen-bond acceptors (Lipinski definition) is 1. The largest absolute Gasteiger partial charge is 0.330 e. The summed E-state index contributed by atoms with van der Waals surface area (Å²) >= 11 is 2.50. The molecular weight excluding hydrogens is 225 g/mol. The third-order valence-electron chi connectivity index (χ3n) is 1.44. The van der Waals surface area contributed by atoms with Crippen molar-refractivity contribution in [3.05, 3.63) is 0 Å². The van der Waals surface area contributed by atoms with Gasteiger partial charge < -0.3 is 5.73 Å². The van der Waals surface area contributed by atoms with Crippen LogP contribution in [0.2, 0.25) is 0 Å². The van der Waals surface area contributed by atoms with Gasteiger partial charge >= 0.3 is 0 Å². The lowest BCUT2D eigenvalue weighted by atomic mass is 10.0. The molecule has 0 aromatic heterocycles. The van der Waals surface area contributed by atoms with Crippen LogP contribution in [0.4, 0.5) is 0 Å². The van der Waals surface area contributed by atoms with Crippen LogP contribution in [0.3, 0.4) is 0 Å². The fourth-order valence-corrected chi connectivity index (χ4v) is 1.80. The number of alkyl halides is 1. The van der Waals surface area contributed by atoms with Crippen LogP contribution in [0, 0.1) is 0 Å². The van der Waals surface area contributed by atoms with Gasteiger partial charge in [-0.25, -0.2) is 0 Å². The van der Waals surface area contributed by atoms with Gasteiger partial charge in [0.15, 0.2) is 0 Å². The van der Waals surface area contributed by atoms with Gasteiger partial charge in [0.1, 0.15) is 0 Å². The van der Waals surface area contributed by atoms with Gasteiger partial charge in [0.05, 0.1) is 0 Å². The van der Waals surface area contributed by atoms with Crippen LogP contribution in [0.5, 0.6) is 0 Å². The van der Waals surface area contributed by atoms with Crippen LogP contribution in [0.15, 0.2) is 0 Å². The molecule has 1 nitrogen and oxygen atoms in total. The molecule has 0 aromatic carbocycles. The lowest BCUT2D eigenvalue weighted by Crippen LogP contribution is -2.19. The van der Waals surface area contributed by atoms with Gasteiger partial charge in [-0.05, 0) is 19.4 Å². The lowest BCUT2D eigenvalue weighted by molar-refractivity contribution is 0.567. The molecule has 0 radical (unpaired) electrons. The van der Waals surface area contributed by atoms with Crippen LogP contribution in [-0.2, 0) is 0 Å². The van der Waals surface area contributed by atoms with Crippen LogP contribution >= 0.6 is 22.6 Å². The molecule has 2 N–H and O–H groups in total. The smallest absolute Gasteiger partial charge is 0.0206 e. The molecule has 0 saturated carbocycles. The summed E-state index contributed by atoms with van der Waals surface area (Å²) in [5, 5.41) is 0. The summed E-state index contributed by atoms with van der Waals surface area (Å²) in [4.78, 5) is 0. The fourth-order valence-electron chi connectivity index (χ4n) is 0.947. The zero-order valence-corrected chi connectivity index (χ0v) is 8.44. The lowest BCUT2D eigenvalue weighted by Gasteiger charge is -2.20. The third-order valence-corrected chi connectivity index (χ3v) is 2.52. The molecule has 9 heavy (non-hydrogen) atoms. The Bertz CT molecular complexity index is 63.3. The van der Waals surface area contributed by atoms with E-state index in [1.165, 1.54) is 12.8 Å². The topological polar surface area (TPSA) is 26.0 Å². The summed E-state index contributed by atoms with van der Waals surface area (Å²) < 4.78 is 0.446. The molecule has 0 amide bonds. The molecule has 0 aliphatic carbocycles. The molecule has 2 heteroatoms. The number of rotatable bonds is 4. The first-order valence-electron chi connectivity index (χ1n) is 3.51. The van der Waals surface area contributed by atoms with Gasteiger partial charge in [0.25, 0.3) is 0 Å². The second-order valence-corrected chi connectivity index (χ2v) is 5.31. The molecule has 0 aliphatic heterocycles. The normalized spacial score (nSPS) is 17.3. The zero-order valence-electron chi connectivity index (χ0n) is 6.28. The van der Waals surface area contributed by atoms with E-state index in [2.05, 4.69) is 36.4 Å². The number of nitrogens with two attached hydrogens (primary N) is 1. The van der Waals surface area contributed by atoms with E-state index in [4.69, 9.17) is 5.73 Å². The Kier molecular flexibility index (Phi) is 4.84. The van der Waals surface area contributed by atoms with E-state index in [0.29, 0.717) is 3.42 Å². The van der Waals surface area contributed by atoms with Crippen molar-refractivity contribution in [1.29, 1.82) is 0 Å². The van der Waals surface area contributed by atoms with E-state index >= 15 is 0 Å². The van der Waals surface area contributed by atoms with Gasteiger partial charge in [-0.3, -0.25) is 0 Å². The first-order valence-corrected chi connectivity index (χ1v) is 4.59. The molecular formula is C7H16IN. The highest BCUT2D eigenvalue weighted by Gasteiger charge is 2.16. The van der Waals surface area contributed by atoms with Gasteiger partial charge in [-0.1, -0.05) is 42.9 Å². The molecule has 0 aliphatic rings. The maximum atomic E-state index is 5.44. The van der Waals surface area contributed by atoms with Crippen LogP contribution < -0.4 is 5.73 Å². The Hall–Kier alpha value is 0.690. The zero-order chi connectivity index (χ0) is 7.33. The molecule has 0 bridgehead atoms. The van der Waals surface area contributed by atoms with Crippen molar-refractivity contribution in [2.75, 3.05) is 6.54 Å². The number of hydrogen-bond donors (Lipinski definition) is 1. The molecule has 1 unspecified atom stereocenters. The highest BCUT2D eigenvalue weighted by Crippen LogP contribution is 2.27. The van der Waals surface area contributed by atoms with Gasteiger partial charge in [0, 0.05) is 3.42 Å². The quantitative estimate of drug-likeness (QED) is 0.593. The van der Waals surface area contributed by atoms with E-state index < -0.39 is 0 Å². The van der Waals surface area contributed by atoms with E-state index in [9.17, 15) is 0 Å². The van der Waals surface area contributed by atoms with Crippen molar-refractivity contribution >= 4 is 22.6 Å². The predicted octanol–water partition coefficient (Wildman–Crippen LogP) is 2.33. The van der Waals surface area contributed by atoms with E-state index in [0.717, 1.165) is 13.0 Å². The molecule has 0 heterocycles. The van der Waals surface area contributed by atoms with Crippen molar-refractivity contribution in [1.82, 2.24) is 0 Å². The molecule has 0 rings (SSSR count). The average molecular weight is 241 g/mol. The fraction of sp³-hybridized carbons (Fsp3) is 1.00. The van der Waals surface area contributed by atoms with Crippen LogP contribution in [0.1, 0.15) is 33.1 Å². The average Bonchev–Trinajstić information content (AvgIpc) is 1.64. The highest BCUT2D eigenvalue weighted by molar-refractivity contribution is 14.1.